The fourth-order valence-corrected chi connectivity index (χ4v) is 4.15. The summed E-state index contributed by atoms with van der Waals surface area (Å²) in [6, 6.07) is 2.66. The Hall–Kier alpha value is -3.44. The van der Waals surface area contributed by atoms with E-state index in [1.807, 2.05) is 6.92 Å². The number of carbonyl (C=O) groups is 2. The summed E-state index contributed by atoms with van der Waals surface area (Å²) in [5.74, 6) is 1.02. The van der Waals surface area contributed by atoms with Crippen LogP contribution >= 0.6 is 0 Å². The second-order valence-electron chi connectivity index (χ2n) is 8.61. The summed E-state index contributed by atoms with van der Waals surface area (Å²) >= 11 is 0. The second kappa shape index (κ2) is 10.4. The smallest absolute Gasteiger partial charge is 0.422 e. The fourth-order valence-electron chi connectivity index (χ4n) is 4.15. The molecule has 1 saturated heterocycles. The van der Waals surface area contributed by atoms with E-state index in [4.69, 9.17) is 4.74 Å². The zero-order valence-electron chi connectivity index (χ0n) is 19.1. The maximum Gasteiger partial charge on any atom is 0.422 e. The van der Waals surface area contributed by atoms with Gasteiger partial charge in [0.2, 0.25) is 11.8 Å². The molecule has 1 N–H and O–H groups in total. The van der Waals surface area contributed by atoms with Gasteiger partial charge in [-0.3, -0.25) is 9.59 Å². The van der Waals surface area contributed by atoms with E-state index in [9.17, 15) is 22.8 Å². The Bertz CT molecular complexity index is 1030. The first kappa shape index (κ1) is 24.7. The minimum absolute atomic E-state index is 0.0668. The zero-order chi connectivity index (χ0) is 25.0. The van der Waals surface area contributed by atoms with Gasteiger partial charge in [0, 0.05) is 37.9 Å². The van der Waals surface area contributed by atoms with E-state index in [0.29, 0.717) is 43.4 Å². The summed E-state index contributed by atoms with van der Waals surface area (Å²) < 4.78 is 46.9. The van der Waals surface area contributed by atoms with Crippen molar-refractivity contribution in [2.75, 3.05) is 24.6 Å². The lowest BCUT2D eigenvalue weighted by atomic mass is 9.72. The third kappa shape index (κ3) is 6.37. The first-order chi connectivity index (χ1) is 16.7. The molecule has 0 spiro atoms. The van der Waals surface area contributed by atoms with Gasteiger partial charge in [0.25, 0.3) is 5.91 Å². The zero-order valence-corrected chi connectivity index (χ0v) is 19.1. The number of rotatable bonds is 9. The van der Waals surface area contributed by atoms with Gasteiger partial charge in [-0.15, -0.1) is 0 Å². The van der Waals surface area contributed by atoms with Crippen LogP contribution in [0.3, 0.4) is 0 Å². The van der Waals surface area contributed by atoms with Crippen LogP contribution in [0.2, 0.25) is 0 Å². The number of aromatic nitrogens is 3. The van der Waals surface area contributed by atoms with E-state index >= 15 is 0 Å². The van der Waals surface area contributed by atoms with E-state index in [1.54, 1.807) is 12.4 Å². The van der Waals surface area contributed by atoms with Gasteiger partial charge in [-0.1, -0.05) is 0 Å². The lowest BCUT2D eigenvalue weighted by Gasteiger charge is -2.33. The Balaban J connectivity index is 1.26. The van der Waals surface area contributed by atoms with E-state index in [2.05, 4.69) is 25.0 Å². The first-order valence-electron chi connectivity index (χ1n) is 11.4. The lowest BCUT2D eigenvalue weighted by Crippen LogP contribution is -2.39. The molecule has 1 aliphatic heterocycles. The van der Waals surface area contributed by atoms with Crippen molar-refractivity contribution < 1.29 is 32.2 Å². The molecule has 0 radical (unpaired) electrons. The Morgan fingerprint density at radius 2 is 1.91 bits per heavy atom. The number of amides is 2. The Labute approximate surface area is 200 Å². The van der Waals surface area contributed by atoms with Crippen LogP contribution in [0.25, 0.3) is 0 Å². The molecule has 0 unspecified atom stereocenters. The number of anilines is 1. The molecule has 2 amide bonds. The predicted octanol–water partition coefficient (Wildman–Crippen LogP) is 2.70. The molecule has 35 heavy (non-hydrogen) atoms. The van der Waals surface area contributed by atoms with Crippen molar-refractivity contribution in [3.63, 3.8) is 0 Å². The molecule has 1 saturated carbocycles. The summed E-state index contributed by atoms with van der Waals surface area (Å²) in [6.45, 7) is 1.52. The maximum atomic E-state index is 12.8. The molecule has 12 heteroatoms. The normalized spacial score (nSPS) is 22.0. The van der Waals surface area contributed by atoms with Gasteiger partial charge in [-0.05, 0) is 31.7 Å². The molecular formula is C23H26F3N5O4. The van der Waals surface area contributed by atoms with Crippen molar-refractivity contribution in [3.05, 3.63) is 36.5 Å². The molecule has 2 aromatic heterocycles. The first-order valence-corrected chi connectivity index (χ1v) is 11.4. The average Bonchev–Trinajstić information content (AvgIpc) is 3.15. The number of ether oxygens (including phenoxy) is 2. The molecule has 2 fully saturated rings. The van der Waals surface area contributed by atoms with E-state index in [0.717, 1.165) is 12.8 Å². The van der Waals surface area contributed by atoms with Crippen LogP contribution in [0.1, 0.15) is 32.0 Å². The summed E-state index contributed by atoms with van der Waals surface area (Å²) in [4.78, 5) is 38.7. The molecule has 2 aromatic rings. The largest absolute Gasteiger partial charge is 0.479 e. The minimum atomic E-state index is -4.45. The predicted molar refractivity (Wildman–Crippen MR) is 118 cm³/mol. The van der Waals surface area contributed by atoms with Crippen LogP contribution in [-0.2, 0) is 16.0 Å². The molecule has 1 aliphatic carbocycles. The number of hydrogen-bond donors (Lipinski definition) is 1. The van der Waals surface area contributed by atoms with Crippen molar-refractivity contribution in [2.45, 2.75) is 44.9 Å². The maximum absolute atomic E-state index is 12.8. The minimum Gasteiger partial charge on any atom is -0.479 e. The highest BCUT2D eigenvalue weighted by molar-refractivity contribution is 5.98. The van der Waals surface area contributed by atoms with Gasteiger partial charge < -0.3 is 19.7 Å². The summed E-state index contributed by atoms with van der Waals surface area (Å²) in [5, 5.41) is 2.84. The van der Waals surface area contributed by atoms with Crippen LogP contribution in [0.5, 0.6) is 11.6 Å². The van der Waals surface area contributed by atoms with Crippen molar-refractivity contribution in [3.8, 4) is 11.6 Å². The highest BCUT2D eigenvalue weighted by atomic mass is 19.4. The summed E-state index contributed by atoms with van der Waals surface area (Å²) in [5.41, 5.74) is 0.563. The van der Waals surface area contributed by atoms with Gasteiger partial charge in [-0.2, -0.15) is 13.2 Å². The third-order valence-corrected chi connectivity index (χ3v) is 5.96. The summed E-state index contributed by atoms with van der Waals surface area (Å²) in [7, 11) is 0. The van der Waals surface area contributed by atoms with E-state index < -0.39 is 18.9 Å². The van der Waals surface area contributed by atoms with Crippen LogP contribution in [-0.4, -0.2) is 58.7 Å². The van der Waals surface area contributed by atoms with Gasteiger partial charge in [-0.25, -0.2) is 15.0 Å². The highest BCUT2D eigenvalue weighted by Crippen LogP contribution is 2.36. The van der Waals surface area contributed by atoms with Crippen molar-refractivity contribution >= 4 is 17.5 Å². The third-order valence-electron chi connectivity index (χ3n) is 5.96. The molecule has 9 nitrogen and oxygen atoms in total. The standard InChI is InChI=1S/C23H26F3N5O4/c1-2-27-21(32)15-7-14(8-15)9-19-28-10-16(11-29-19)31-6-5-18(22(31)33)35-17-3-4-20(30-12-17)34-13-23(24,25)26/h3-4,10-12,14-15,18H,2,5-9,13H2,1H3,(H,27,32)/t14?,15?,18-/m1/s1. The van der Waals surface area contributed by atoms with Gasteiger partial charge in [0.1, 0.15) is 11.6 Å². The molecular weight excluding hydrogens is 467 g/mol. The summed E-state index contributed by atoms with van der Waals surface area (Å²) in [6.07, 6.45) is 1.99. The van der Waals surface area contributed by atoms with Gasteiger partial charge >= 0.3 is 6.18 Å². The molecule has 188 valence electrons. The van der Waals surface area contributed by atoms with E-state index in [1.165, 1.54) is 23.2 Å². The van der Waals surface area contributed by atoms with Crippen LogP contribution < -0.4 is 19.7 Å². The second-order valence-corrected chi connectivity index (χ2v) is 8.61. The number of halogens is 3. The highest BCUT2D eigenvalue weighted by Gasteiger charge is 2.36. The number of nitrogens with one attached hydrogen (secondary N) is 1. The number of alkyl halides is 3. The monoisotopic (exact) mass is 493 g/mol. The van der Waals surface area contributed by atoms with Crippen molar-refractivity contribution in [1.82, 2.24) is 20.3 Å². The van der Waals surface area contributed by atoms with Crippen LogP contribution in [0.15, 0.2) is 30.7 Å². The molecule has 4 rings (SSSR count). The quantitative estimate of drug-likeness (QED) is 0.573. The molecule has 3 heterocycles. The SMILES string of the molecule is CCNC(=O)C1CC(Cc2ncc(N3CC[C@@H](Oc4ccc(OCC(F)(F)F)nc4)C3=O)cn2)C1. The Morgan fingerprint density at radius 1 is 1.17 bits per heavy atom. The number of nitrogens with zero attached hydrogens (tertiary/aromatic N) is 4. The molecule has 0 bridgehead atoms. The fraction of sp³-hybridized carbons (Fsp3) is 0.522. The van der Waals surface area contributed by atoms with Crippen LogP contribution in [0, 0.1) is 11.8 Å². The Kier molecular flexibility index (Phi) is 7.37. The van der Waals surface area contributed by atoms with Crippen molar-refractivity contribution in [2.24, 2.45) is 11.8 Å². The number of pyridine rings is 1. The lowest BCUT2D eigenvalue weighted by molar-refractivity contribution is -0.154. The Morgan fingerprint density at radius 3 is 2.54 bits per heavy atom. The molecule has 1 atom stereocenters. The average molecular weight is 493 g/mol. The number of carbonyl (C=O) groups excluding carboxylic acids is 2. The molecule has 2 aliphatic rings. The van der Waals surface area contributed by atoms with Crippen molar-refractivity contribution in [1.29, 1.82) is 0 Å². The number of hydrogen-bond acceptors (Lipinski definition) is 7. The topological polar surface area (TPSA) is 107 Å². The molecule has 0 aromatic carbocycles. The van der Waals surface area contributed by atoms with E-state index in [-0.39, 0.29) is 29.4 Å². The van der Waals surface area contributed by atoms with Gasteiger partial charge in [0.15, 0.2) is 12.7 Å². The van der Waals surface area contributed by atoms with Crippen LogP contribution in [0.4, 0.5) is 18.9 Å². The van der Waals surface area contributed by atoms with Gasteiger partial charge in [0.05, 0.1) is 24.3 Å².